The van der Waals surface area contributed by atoms with Crippen molar-refractivity contribution in [3.05, 3.63) is 47.0 Å². The number of benzene rings is 2. The number of nitrogens with one attached hydrogen (secondary N) is 1. The topological polar surface area (TPSA) is 123 Å². The molecule has 3 aromatic rings. The maximum absolute atomic E-state index is 13.9. The number of morpholine rings is 1. The van der Waals surface area contributed by atoms with Gasteiger partial charge >= 0.3 is 0 Å². The van der Waals surface area contributed by atoms with Crippen LogP contribution in [0.4, 0.5) is 20.3 Å². The van der Waals surface area contributed by atoms with Crippen molar-refractivity contribution >= 4 is 27.4 Å². The molecule has 3 heterocycles. The van der Waals surface area contributed by atoms with E-state index in [4.69, 9.17) is 18.7 Å². The molecule has 4 aliphatic rings. The number of carbonyl (C=O) groups is 1. The molecular weight excluding hydrogens is 598 g/mol. The minimum Gasteiger partial charge on any atom is -0.495 e. The second kappa shape index (κ2) is 10.6. The number of sulfonamides is 1. The van der Waals surface area contributed by atoms with Gasteiger partial charge in [0.2, 0.25) is 0 Å². The van der Waals surface area contributed by atoms with Gasteiger partial charge in [0, 0.05) is 47.4 Å². The van der Waals surface area contributed by atoms with Crippen molar-refractivity contribution in [2.45, 2.75) is 48.5 Å². The Balaban J connectivity index is 1.23. The number of hydrogen-bond donors (Lipinski definition) is 1. The van der Waals surface area contributed by atoms with Crippen LogP contribution in [0.3, 0.4) is 0 Å². The second-order valence-corrected chi connectivity index (χ2v) is 13.3. The van der Waals surface area contributed by atoms with E-state index in [-0.39, 0.29) is 52.9 Å². The van der Waals surface area contributed by atoms with Crippen LogP contribution < -0.4 is 19.1 Å². The van der Waals surface area contributed by atoms with Gasteiger partial charge in [-0.05, 0) is 55.5 Å². The molecule has 0 unspecified atom stereocenters. The largest absolute Gasteiger partial charge is 0.495 e. The van der Waals surface area contributed by atoms with Gasteiger partial charge in [0.15, 0.2) is 16.5 Å². The number of ether oxygens (including phenoxy) is 3. The highest BCUT2D eigenvalue weighted by Crippen LogP contribution is 2.59. The second-order valence-electron chi connectivity index (χ2n) is 11.7. The van der Waals surface area contributed by atoms with Gasteiger partial charge in [-0.25, -0.2) is 17.2 Å². The van der Waals surface area contributed by atoms with E-state index in [9.17, 15) is 22.0 Å². The van der Waals surface area contributed by atoms with Crippen molar-refractivity contribution in [3.8, 4) is 22.8 Å². The number of anilines is 2. The highest BCUT2D eigenvalue weighted by molar-refractivity contribution is 7.93. The van der Waals surface area contributed by atoms with Crippen LogP contribution >= 0.6 is 0 Å². The first-order chi connectivity index (χ1) is 21.2. The SMILES string of the molecule is COc1cc(C(=O)N2CCOC[C@H]2C(F)F)cc(OC)c1S(=O)(=O)Nc1noc2c1CC1(CC1)c1ccc(N3CCC3)cc1-2. The number of aromatic nitrogens is 1. The van der Waals surface area contributed by atoms with E-state index in [1.165, 1.54) is 31.9 Å². The Morgan fingerprint density at radius 2 is 1.84 bits per heavy atom. The Kier molecular flexibility index (Phi) is 6.96. The van der Waals surface area contributed by atoms with Crippen LogP contribution in [-0.4, -0.2) is 83.9 Å². The number of amides is 1. The molecule has 1 saturated carbocycles. The molecule has 2 aliphatic carbocycles. The summed E-state index contributed by atoms with van der Waals surface area (Å²) in [4.78, 5) is 16.3. The zero-order chi connectivity index (χ0) is 30.8. The predicted molar refractivity (Wildman–Crippen MR) is 155 cm³/mol. The molecule has 1 atom stereocenters. The van der Waals surface area contributed by atoms with Crippen molar-refractivity contribution in [3.63, 3.8) is 0 Å². The molecular formula is C30H32F2N4O7S. The molecule has 2 aliphatic heterocycles. The summed E-state index contributed by atoms with van der Waals surface area (Å²) in [5.74, 6) is -0.492. The van der Waals surface area contributed by atoms with E-state index in [1.807, 2.05) is 0 Å². The molecule has 44 heavy (non-hydrogen) atoms. The Morgan fingerprint density at radius 3 is 2.45 bits per heavy atom. The first kappa shape index (κ1) is 28.8. The standard InChI is InChI=1S/C30H32F2N4O7S/c1-40-23-12-17(29(37)36-10-11-42-16-22(36)27(31)32)13-24(41-2)26(23)44(38,39)34-28-20-15-30(6-7-30)21-5-4-18(35-8-3-9-35)14-19(21)25(20)43-33-28/h4-5,12-14,22,27H,3,6-11,15-16H2,1-2H3,(H,33,34)/t22-/m0/s1. The third-order valence-corrected chi connectivity index (χ3v) is 10.5. The maximum atomic E-state index is 13.9. The van der Waals surface area contributed by atoms with E-state index < -0.39 is 28.4 Å². The van der Waals surface area contributed by atoms with Crippen LogP contribution in [0.1, 0.15) is 40.7 Å². The molecule has 7 rings (SSSR count). The Labute approximate surface area is 253 Å². The number of methoxy groups -OCH3 is 2. The van der Waals surface area contributed by atoms with Gasteiger partial charge in [-0.2, -0.15) is 0 Å². The van der Waals surface area contributed by atoms with Crippen molar-refractivity contribution in [2.24, 2.45) is 0 Å². The summed E-state index contributed by atoms with van der Waals surface area (Å²) in [7, 11) is -1.90. The van der Waals surface area contributed by atoms with Crippen molar-refractivity contribution in [1.82, 2.24) is 10.1 Å². The molecule has 3 fully saturated rings. The molecule has 1 spiro atoms. The molecule has 0 bridgehead atoms. The van der Waals surface area contributed by atoms with Gasteiger partial charge in [-0.15, -0.1) is 0 Å². The molecule has 11 nitrogen and oxygen atoms in total. The average Bonchev–Trinajstić information content (AvgIpc) is 3.66. The van der Waals surface area contributed by atoms with Crippen LogP contribution in [0.15, 0.2) is 39.8 Å². The molecule has 1 N–H and O–H groups in total. The van der Waals surface area contributed by atoms with Crippen molar-refractivity contribution < 1.29 is 40.7 Å². The monoisotopic (exact) mass is 630 g/mol. The molecule has 234 valence electrons. The van der Waals surface area contributed by atoms with Gasteiger partial charge in [0.25, 0.3) is 22.4 Å². The van der Waals surface area contributed by atoms with Crippen LogP contribution in [0.25, 0.3) is 11.3 Å². The van der Waals surface area contributed by atoms with Gasteiger partial charge in [-0.3, -0.25) is 9.52 Å². The number of halogens is 2. The van der Waals surface area contributed by atoms with Gasteiger partial charge in [-0.1, -0.05) is 11.2 Å². The van der Waals surface area contributed by atoms with Crippen molar-refractivity contribution in [1.29, 1.82) is 0 Å². The minimum atomic E-state index is -4.40. The summed E-state index contributed by atoms with van der Waals surface area (Å²) < 4.78 is 79.4. The molecule has 0 radical (unpaired) electrons. The lowest BCUT2D eigenvalue weighted by molar-refractivity contribution is -0.0580. The molecule has 1 amide bonds. The van der Waals surface area contributed by atoms with Crippen molar-refractivity contribution in [2.75, 3.05) is 56.7 Å². The zero-order valence-corrected chi connectivity index (χ0v) is 25.1. The molecule has 1 aromatic heterocycles. The number of rotatable bonds is 8. The zero-order valence-electron chi connectivity index (χ0n) is 24.3. The highest BCUT2D eigenvalue weighted by atomic mass is 32.2. The Bertz CT molecular complexity index is 1710. The van der Waals surface area contributed by atoms with E-state index in [2.05, 4.69) is 33.0 Å². The quantitative estimate of drug-likeness (QED) is 0.393. The predicted octanol–water partition coefficient (Wildman–Crippen LogP) is 4.06. The highest BCUT2D eigenvalue weighted by Gasteiger charge is 2.51. The fourth-order valence-corrected chi connectivity index (χ4v) is 7.78. The average molecular weight is 631 g/mol. The maximum Gasteiger partial charge on any atom is 0.270 e. The first-order valence-electron chi connectivity index (χ1n) is 14.5. The lowest BCUT2D eigenvalue weighted by Gasteiger charge is -2.35. The summed E-state index contributed by atoms with van der Waals surface area (Å²) in [5.41, 5.74) is 3.74. The van der Waals surface area contributed by atoms with Gasteiger partial charge in [0.1, 0.15) is 17.5 Å². The molecule has 14 heteroatoms. The smallest absolute Gasteiger partial charge is 0.270 e. The lowest BCUT2D eigenvalue weighted by Crippen LogP contribution is -2.52. The lowest BCUT2D eigenvalue weighted by atomic mass is 9.79. The van der Waals surface area contributed by atoms with E-state index in [0.717, 1.165) is 48.5 Å². The van der Waals surface area contributed by atoms with Crippen LogP contribution in [-0.2, 0) is 26.6 Å². The Morgan fingerprint density at radius 1 is 1.11 bits per heavy atom. The fourth-order valence-electron chi connectivity index (χ4n) is 6.45. The normalized spacial score (nSPS) is 20.2. The number of alkyl halides is 2. The van der Waals surface area contributed by atoms with E-state index in [1.54, 1.807) is 0 Å². The third-order valence-electron chi connectivity index (χ3n) is 9.12. The van der Waals surface area contributed by atoms with Gasteiger partial charge < -0.3 is 28.5 Å². The van der Waals surface area contributed by atoms with Crippen LogP contribution in [0.5, 0.6) is 11.5 Å². The third kappa shape index (κ3) is 4.66. The number of nitrogens with zero attached hydrogens (tertiary/aromatic N) is 3. The minimum absolute atomic E-state index is 0.0402. The van der Waals surface area contributed by atoms with Gasteiger partial charge in [0.05, 0.1) is 27.4 Å². The first-order valence-corrected chi connectivity index (χ1v) is 16.0. The number of carbonyl (C=O) groups excluding carboxylic acids is 1. The Hall–Kier alpha value is -3.91. The number of hydrogen-bond acceptors (Lipinski definition) is 9. The number of fused-ring (bicyclic) bond motifs is 4. The summed E-state index contributed by atoms with van der Waals surface area (Å²) in [6.45, 7) is 1.74. The van der Waals surface area contributed by atoms with E-state index in [0.29, 0.717) is 17.7 Å². The molecule has 2 aromatic carbocycles. The van der Waals surface area contributed by atoms with E-state index >= 15 is 0 Å². The summed E-state index contributed by atoms with van der Waals surface area (Å²) in [6, 6.07) is 7.39. The summed E-state index contributed by atoms with van der Waals surface area (Å²) >= 11 is 0. The summed E-state index contributed by atoms with van der Waals surface area (Å²) in [6.07, 6.45) is 0.863. The fraction of sp³-hybridized carbons (Fsp3) is 0.467. The molecule has 2 saturated heterocycles. The van der Waals surface area contributed by atoms with Crippen LogP contribution in [0.2, 0.25) is 0 Å². The summed E-state index contributed by atoms with van der Waals surface area (Å²) in [5, 5.41) is 4.15. The van der Waals surface area contributed by atoms with Crippen LogP contribution in [0, 0.1) is 0 Å².